The second-order valence-electron chi connectivity index (χ2n) is 9.01. The van der Waals surface area contributed by atoms with Gasteiger partial charge in [0.1, 0.15) is 0 Å². The van der Waals surface area contributed by atoms with Crippen LogP contribution in [0, 0.1) is 5.92 Å². The molecular formula is C26H42OSn. The Hall–Kier alpha value is -0.541. The third-order valence-electron chi connectivity index (χ3n) is 6.62. The van der Waals surface area contributed by atoms with E-state index in [1.54, 1.807) is 0 Å². The SMILES string of the molecule is CCC[CH2][Sn]([CH2]CCC)([CH2]CCC)[CH2][C@@H](C)[C@H](O)c1cccc2ccccc12. The summed E-state index contributed by atoms with van der Waals surface area (Å²) in [6.45, 7) is 9.34. The van der Waals surface area contributed by atoms with Crippen molar-refractivity contribution in [3.05, 3.63) is 48.0 Å². The van der Waals surface area contributed by atoms with Gasteiger partial charge in [0.25, 0.3) is 0 Å². The fourth-order valence-corrected chi connectivity index (χ4v) is 22.8. The van der Waals surface area contributed by atoms with E-state index in [9.17, 15) is 5.11 Å². The molecule has 0 saturated carbocycles. The normalized spacial score (nSPS) is 14.3. The Morgan fingerprint density at radius 3 is 1.89 bits per heavy atom. The molecule has 0 unspecified atom stereocenters. The Morgan fingerprint density at radius 1 is 0.786 bits per heavy atom. The Balaban J connectivity index is 2.25. The topological polar surface area (TPSA) is 20.2 Å². The number of hydrogen-bond acceptors (Lipinski definition) is 1. The van der Waals surface area contributed by atoms with Crippen molar-refractivity contribution in [3.8, 4) is 0 Å². The third-order valence-corrected chi connectivity index (χ3v) is 23.0. The summed E-state index contributed by atoms with van der Waals surface area (Å²) < 4.78 is 5.92. The number of rotatable bonds is 13. The molecule has 2 heteroatoms. The van der Waals surface area contributed by atoms with Gasteiger partial charge in [-0.25, -0.2) is 0 Å². The molecule has 156 valence electrons. The van der Waals surface area contributed by atoms with Crippen molar-refractivity contribution in [2.45, 2.75) is 90.1 Å². The molecule has 2 rings (SSSR count). The Labute approximate surface area is 177 Å². The standard InChI is InChI=1S/C14H15O.3C4H9.Sn/c1-10(2)14(15)13-9-5-7-11-6-3-4-8-12(11)13;3*1-3-4-2;/h3-10,14-15H,1H2,2H3;3*1,3-4H2,2H3;/t10-,14-;;;;/m0..../s1. The number of hydrogen-bond donors (Lipinski definition) is 1. The molecule has 0 fully saturated rings. The predicted octanol–water partition coefficient (Wildman–Crippen LogP) is 8.36. The van der Waals surface area contributed by atoms with E-state index >= 15 is 0 Å². The molecule has 0 radical (unpaired) electrons. The van der Waals surface area contributed by atoms with Crippen LogP contribution in [0.15, 0.2) is 42.5 Å². The molecule has 0 aromatic heterocycles. The molecule has 28 heavy (non-hydrogen) atoms. The van der Waals surface area contributed by atoms with Crippen LogP contribution in [0.1, 0.15) is 77.9 Å². The molecule has 0 saturated heterocycles. The van der Waals surface area contributed by atoms with Crippen LogP contribution in [0.4, 0.5) is 0 Å². The zero-order valence-corrected chi connectivity index (χ0v) is 21.6. The zero-order chi connectivity index (χ0) is 20.4. The van der Waals surface area contributed by atoms with Gasteiger partial charge >= 0.3 is 178 Å². The van der Waals surface area contributed by atoms with Gasteiger partial charge in [0.05, 0.1) is 0 Å². The van der Waals surface area contributed by atoms with E-state index < -0.39 is 18.4 Å². The molecule has 0 aliphatic carbocycles. The van der Waals surface area contributed by atoms with Gasteiger partial charge in [-0.2, -0.15) is 0 Å². The summed E-state index contributed by atoms with van der Waals surface area (Å²) in [5.41, 5.74) is 1.13. The van der Waals surface area contributed by atoms with Gasteiger partial charge in [-0.05, 0) is 0 Å². The van der Waals surface area contributed by atoms with Crippen molar-refractivity contribution in [3.63, 3.8) is 0 Å². The van der Waals surface area contributed by atoms with E-state index in [1.165, 1.54) is 67.0 Å². The van der Waals surface area contributed by atoms with E-state index in [4.69, 9.17) is 0 Å². The summed E-state index contributed by atoms with van der Waals surface area (Å²) in [6, 6.07) is 14.9. The molecule has 1 N–H and O–H groups in total. The van der Waals surface area contributed by atoms with Gasteiger partial charge in [0, 0.05) is 0 Å². The van der Waals surface area contributed by atoms with E-state index in [1.807, 2.05) is 0 Å². The van der Waals surface area contributed by atoms with Crippen molar-refractivity contribution in [2.75, 3.05) is 0 Å². The molecule has 2 aromatic carbocycles. The van der Waals surface area contributed by atoms with Gasteiger partial charge in [-0.15, -0.1) is 0 Å². The first-order chi connectivity index (χ1) is 13.6. The zero-order valence-electron chi connectivity index (χ0n) is 18.7. The predicted molar refractivity (Wildman–Crippen MR) is 128 cm³/mol. The van der Waals surface area contributed by atoms with Crippen molar-refractivity contribution in [2.24, 2.45) is 5.92 Å². The number of aliphatic hydroxyl groups is 1. The molecule has 0 bridgehead atoms. The van der Waals surface area contributed by atoms with Gasteiger partial charge in [0.15, 0.2) is 0 Å². The first kappa shape index (κ1) is 23.7. The van der Waals surface area contributed by atoms with Crippen molar-refractivity contribution in [1.29, 1.82) is 0 Å². The summed E-state index contributed by atoms with van der Waals surface area (Å²) in [5.74, 6) is 0.368. The molecule has 1 nitrogen and oxygen atoms in total. The summed E-state index contributed by atoms with van der Waals surface area (Å²) in [5, 5.41) is 13.8. The monoisotopic (exact) mass is 490 g/mol. The molecule has 0 spiro atoms. The van der Waals surface area contributed by atoms with Gasteiger partial charge in [0.2, 0.25) is 0 Å². The van der Waals surface area contributed by atoms with Crippen LogP contribution in [0.2, 0.25) is 17.7 Å². The van der Waals surface area contributed by atoms with Crippen LogP contribution in [0.25, 0.3) is 10.8 Å². The fourth-order valence-electron chi connectivity index (χ4n) is 4.95. The molecule has 0 aliphatic heterocycles. The quantitative estimate of drug-likeness (QED) is 0.281. The molecule has 2 aromatic rings. The Kier molecular flexibility index (Phi) is 10.4. The number of fused-ring (bicyclic) bond motifs is 1. The summed E-state index contributed by atoms with van der Waals surface area (Å²) >= 11 is -2.24. The van der Waals surface area contributed by atoms with Crippen LogP contribution in [0.3, 0.4) is 0 Å². The summed E-state index contributed by atoms with van der Waals surface area (Å²) in [6.07, 6.45) is 7.82. The van der Waals surface area contributed by atoms with Crippen LogP contribution in [-0.2, 0) is 0 Å². The molecule has 0 amide bonds. The first-order valence-electron chi connectivity index (χ1n) is 11.7. The van der Waals surface area contributed by atoms with Gasteiger partial charge in [-0.1, -0.05) is 0 Å². The second-order valence-corrected chi connectivity index (χ2v) is 23.0. The fraction of sp³-hybridized carbons (Fsp3) is 0.615. The van der Waals surface area contributed by atoms with E-state index in [0.29, 0.717) is 5.92 Å². The van der Waals surface area contributed by atoms with Gasteiger partial charge < -0.3 is 0 Å². The average molecular weight is 489 g/mol. The second kappa shape index (κ2) is 12.2. The van der Waals surface area contributed by atoms with Crippen LogP contribution >= 0.6 is 0 Å². The Morgan fingerprint density at radius 2 is 1.32 bits per heavy atom. The summed E-state index contributed by atoms with van der Waals surface area (Å²) in [4.78, 5) is 0. The van der Waals surface area contributed by atoms with E-state index in [-0.39, 0.29) is 6.10 Å². The minimum atomic E-state index is -2.24. The van der Waals surface area contributed by atoms with E-state index in [0.717, 1.165) is 5.56 Å². The van der Waals surface area contributed by atoms with Crippen molar-refractivity contribution in [1.82, 2.24) is 0 Å². The number of unbranched alkanes of at least 4 members (excludes halogenated alkanes) is 3. The van der Waals surface area contributed by atoms with Crippen LogP contribution < -0.4 is 0 Å². The van der Waals surface area contributed by atoms with E-state index in [2.05, 4.69) is 70.2 Å². The third kappa shape index (κ3) is 6.49. The molecule has 2 atom stereocenters. The minimum absolute atomic E-state index is 0.341. The van der Waals surface area contributed by atoms with Crippen LogP contribution in [0.5, 0.6) is 0 Å². The van der Waals surface area contributed by atoms with Gasteiger partial charge in [-0.3, -0.25) is 0 Å². The average Bonchev–Trinajstić information content (AvgIpc) is 2.73. The first-order valence-corrected chi connectivity index (χ1v) is 19.8. The summed E-state index contributed by atoms with van der Waals surface area (Å²) in [7, 11) is 0. The van der Waals surface area contributed by atoms with Crippen molar-refractivity contribution >= 4 is 29.1 Å². The number of benzene rings is 2. The molecule has 0 aliphatic rings. The Bertz CT molecular complexity index is 669. The molecular weight excluding hydrogens is 447 g/mol. The maximum absolute atomic E-state index is 11.4. The van der Waals surface area contributed by atoms with Crippen LogP contribution in [-0.4, -0.2) is 23.5 Å². The van der Waals surface area contributed by atoms with Crippen molar-refractivity contribution < 1.29 is 5.11 Å². The molecule has 0 heterocycles. The maximum atomic E-state index is 11.4. The number of aliphatic hydroxyl groups excluding tert-OH is 1.